The van der Waals surface area contributed by atoms with Gasteiger partial charge in [0.25, 0.3) is 0 Å². The summed E-state index contributed by atoms with van der Waals surface area (Å²) < 4.78 is 32.1. The fraction of sp³-hybridized carbons (Fsp3) is 0.261. The molecule has 3 aromatic rings. The van der Waals surface area contributed by atoms with Crippen molar-refractivity contribution in [2.75, 3.05) is 31.6 Å². The molecular weight excluding hydrogens is 443 g/mol. The number of methoxy groups -OCH3 is 1. The van der Waals surface area contributed by atoms with Crippen molar-refractivity contribution in [3.8, 4) is 5.88 Å². The fourth-order valence-electron chi connectivity index (χ4n) is 3.88. The lowest BCUT2D eigenvalue weighted by Gasteiger charge is -2.43. The molecule has 1 aromatic heterocycles. The molecule has 31 heavy (non-hydrogen) atoms. The highest BCUT2D eigenvalue weighted by atomic mass is 35.5. The minimum Gasteiger partial charge on any atom is -0.481 e. The summed E-state index contributed by atoms with van der Waals surface area (Å²) in [6.45, 7) is 2.60. The highest BCUT2D eigenvalue weighted by Gasteiger charge is 2.30. The minimum absolute atomic E-state index is 0.0453. The second-order valence-corrected chi connectivity index (χ2v) is 8.27. The van der Waals surface area contributed by atoms with Gasteiger partial charge in [-0.3, -0.25) is 4.90 Å². The van der Waals surface area contributed by atoms with E-state index < -0.39 is 11.6 Å². The number of hydrogen-bond donors (Lipinski definition) is 0. The van der Waals surface area contributed by atoms with Gasteiger partial charge in [0.2, 0.25) is 5.88 Å². The predicted octanol–water partition coefficient (Wildman–Crippen LogP) is 5.74. The number of aromatic nitrogens is 1. The quantitative estimate of drug-likeness (QED) is 0.482. The first-order valence-corrected chi connectivity index (χ1v) is 10.6. The topological polar surface area (TPSA) is 28.6 Å². The summed E-state index contributed by atoms with van der Waals surface area (Å²) in [5.41, 5.74) is 2.62. The molecule has 0 radical (unpaired) electrons. The van der Waals surface area contributed by atoms with E-state index in [1.807, 2.05) is 24.3 Å². The molecule has 1 aliphatic rings. The van der Waals surface area contributed by atoms with Gasteiger partial charge in [-0.1, -0.05) is 35.3 Å². The normalized spacial score (nSPS) is 17.1. The number of rotatable bonds is 5. The van der Waals surface area contributed by atoms with E-state index in [1.165, 1.54) is 12.1 Å². The number of halogens is 4. The molecule has 8 heteroatoms. The number of anilines is 1. The van der Waals surface area contributed by atoms with Gasteiger partial charge in [-0.15, -0.1) is 0 Å². The summed E-state index contributed by atoms with van der Waals surface area (Å²) in [7, 11) is 1.58. The molecule has 0 aliphatic carbocycles. The smallest absolute Gasteiger partial charge is 0.212 e. The minimum atomic E-state index is -0.840. The van der Waals surface area contributed by atoms with Crippen molar-refractivity contribution in [2.24, 2.45) is 0 Å². The maximum atomic E-state index is 13.7. The van der Waals surface area contributed by atoms with Gasteiger partial charge in [0.15, 0.2) is 11.6 Å². The zero-order valence-electron chi connectivity index (χ0n) is 16.9. The molecule has 4 nitrogen and oxygen atoms in total. The molecule has 0 N–H and O–H groups in total. The third-order valence-electron chi connectivity index (χ3n) is 5.43. The van der Waals surface area contributed by atoms with Crippen LogP contribution in [0.2, 0.25) is 10.0 Å². The Hall–Kier alpha value is -2.41. The molecule has 0 spiro atoms. The molecule has 0 bridgehead atoms. The summed E-state index contributed by atoms with van der Waals surface area (Å²) >= 11 is 12.6. The first-order chi connectivity index (χ1) is 14.9. The fourth-order valence-corrected chi connectivity index (χ4v) is 4.39. The Bertz CT molecular complexity index is 1070. The summed E-state index contributed by atoms with van der Waals surface area (Å²) in [4.78, 5) is 8.79. The molecule has 1 aliphatic heterocycles. The van der Waals surface area contributed by atoms with E-state index in [-0.39, 0.29) is 6.04 Å². The van der Waals surface area contributed by atoms with Crippen molar-refractivity contribution < 1.29 is 13.5 Å². The van der Waals surface area contributed by atoms with Crippen LogP contribution in [0.25, 0.3) is 0 Å². The number of hydrogen-bond acceptors (Lipinski definition) is 4. The number of pyridine rings is 1. The Kier molecular flexibility index (Phi) is 6.60. The average Bonchev–Trinajstić information content (AvgIpc) is 2.77. The van der Waals surface area contributed by atoms with Gasteiger partial charge in [-0.05, 0) is 41.5 Å². The number of nitrogens with zero attached hydrogens (tertiary/aromatic N) is 3. The monoisotopic (exact) mass is 463 g/mol. The average molecular weight is 464 g/mol. The third-order valence-corrected chi connectivity index (χ3v) is 5.96. The molecule has 1 fully saturated rings. The van der Waals surface area contributed by atoms with E-state index in [2.05, 4.69) is 14.8 Å². The van der Waals surface area contributed by atoms with E-state index in [1.54, 1.807) is 25.4 Å². The van der Waals surface area contributed by atoms with E-state index in [0.29, 0.717) is 35.6 Å². The third kappa shape index (κ3) is 4.92. The van der Waals surface area contributed by atoms with Gasteiger partial charge < -0.3 is 9.64 Å². The van der Waals surface area contributed by atoms with Crippen LogP contribution in [-0.2, 0) is 6.54 Å². The van der Waals surface area contributed by atoms with Crippen molar-refractivity contribution in [3.05, 3.63) is 87.5 Å². The van der Waals surface area contributed by atoms with Crippen LogP contribution in [0.1, 0.15) is 17.2 Å². The molecular formula is C23H21Cl2F2N3O. The largest absolute Gasteiger partial charge is 0.481 e. The molecule has 162 valence electrons. The molecule has 2 aromatic carbocycles. The number of piperazine rings is 1. The standard InChI is InChI=1S/C23H21Cl2F2N3O/c1-31-23-7-3-16(12-28-23)22-14-29(13-15-2-5-19(26)20(27)10-15)8-9-30(22)21-6-4-17(24)11-18(21)25/h2-7,10-12,22H,8-9,13-14H2,1H3. The lowest BCUT2D eigenvalue weighted by atomic mass is 10.0. The molecule has 1 saturated heterocycles. The summed E-state index contributed by atoms with van der Waals surface area (Å²) in [5, 5.41) is 1.15. The summed E-state index contributed by atoms with van der Waals surface area (Å²) in [6.07, 6.45) is 1.79. The summed E-state index contributed by atoms with van der Waals surface area (Å²) in [5.74, 6) is -1.14. The van der Waals surface area contributed by atoms with Gasteiger partial charge in [0.05, 0.1) is 23.9 Å². The zero-order valence-corrected chi connectivity index (χ0v) is 18.4. The van der Waals surface area contributed by atoms with Crippen LogP contribution in [0.15, 0.2) is 54.7 Å². The van der Waals surface area contributed by atoms with Crippen molar-refractivity contribution in [3.63, 3.8) is 0 Å². The van der Waals surface area contributed by atoms with Crippen molar-refractivity contribution in [2.45, 2.75) is 12.6 Å². The van der Waals surface area contributed by atoms with Crippen LogP contribution in [-0.4, -0.2) is 36.6 Å². The molecule has 4 rings (SSSR count). The second kappa shape index (κ2) is 9.39. The number of ether oxygens (including phenoxy) is 1. The Morgan fingerprint density at radius 1 is 1.03 bits per heavy atom. The number of benzene rings is 2. The van der Waals surface area contributed by atoms with Gasteiger partial charge >= 0.3 is 0 Å². The zero-order chi connectivity index (χ0) is 22.0. The Labute approximate surface area is 190 Å². The van der Waals surface area contributed by atoms with Crippen molar-refractivity contribution in [1.82, 2.24) is 9.88 Å². The maximum Gasteiger partial charge on any atom is 0.212 e. The van der Waals surface area contributed by atoms with Crippen LogP contribution in [0.5, 0.6) is 5.88 Å². The molecule has 0 amide bonds. The van der Waals surface area contributed by atoms with Crippen molar-refractivity contribution in [1.29, 1.82) is 0 Å². The Morgan fingerprint density at radius 3 is 2.55 bits per heavy atom. The van der Waals surface area contributed by atoms with Crippen LogP contribution in [0, 0.1) is 11.6 Å². The maximum absolute atomic E-state index is 13.7. The molecule has 0 saturated carbocycles. The van der Waals surface area contributed by atoms with E-state index in [9.17, 15) is 8.78 Å². The highest BCUT2D eigenvalue weighted by molar-refractivity contribution is 6.36. The first-order valence-electron chi connectivity index (χ1n) is 9.82. The van der Waals surface area contributed by atoms with Gasteiger partial charge in [-0.25, -0.2) is 13.8 Å². The van der Waals surface area contributed by atoms with E-state index >= 15 is 0 Å². The Balaban J connectivity index is 1.62. The van der Waals surface area contributed by atoms with Crippen LogP contribution in [0.3, 0.4) is 0 Å². The van der Waals surface area contributed by atoms with Gasteiger partial charge in [-0.2, -0.15) is 0 Å². The molecule has 1 atom stereocenters. The van der Waals surface area contributed by atoms with Gasteiger partial charge in [0, 0.05) is 43.5 Å². The molecule has 1 unspecified atom stereocenters. The van der Waals surface area contributed by atoms with Crippen LogP contribution >= 0.6 is 23.2 Å². The highest BCUT2D eigenvalue weighted by Crippen LogP contribution is 2.37. The Morgan fingerprint density at radius 2 is 1.87 bits per heavy atom. The van der Waals surface area contributed by atoms with Crippen LogP contribution < -0.4 is 9.64 Å². The van der Waals surface area contributed by atoms with Crippen LogP contribution in [0.4, 0.5) is 14.5 Å². The lowest BCUT2D eigenvalue weighted by Crippen LogP contribution is -2.48. The second-order valence-electron chi connectivity index (χ2n) is 7.42. The van der Waals surface area contributed by atoms with Crippen molar-refractivity contribution >= 4 is 28.9 Å². The molecule has 2 heterocycles. The van der Waals surface area contributed by atoms with E-state index in [4.69, 9.17) is 27.9 Å². The SMILES string of the molecule is COc1ccc(C2CN(Cc3ccc(F)c(F)c3)CCN2c2ccc(Cl)cc2Cl)cn1. The van der Waals surface area contributed by atoms with Gasteiger partial charge in [0.1, 0.15) is 0 Å². The van der Waals surface area contributed by atoms with E-state index in [0.717, 1.165) is 23.4 Å². The predicted molar refractivity (Wildman–Crippen MR) is 119 cm³/mol. The summed E-state index contributed by atoms with van der Waals surface area (Å²) in [6, 6.07) is 13.3. The lowest BCUT2D eigenvalue weighted by molar-refractivity contribution is 0.215. The first kappa shape index (κ1) is 21.8.